The molecular weight excluding hydrogens is 403 g/mol. The Bertz CT molecular complexity index is 1400. The zero-order valence-electron chi connectivity index (χ0n) is 16.7. The molecule has 0 radical (unpaired) electrons. The monoisotopic (exact) mass is 422 g/mol. The van der Waals surface area contributed by atoms with Crippen molar-refractivity contribution in [3.8, 4) is 22.5 Å². The molecule has 0 saturated carbocycles. The van der Waals surface area contributed by atoms with Crippen LogP contribution in [0.25, 0.3) is 33.4 Å². The maximum Gasteiger partial charge on any atom is 0.175 e. The van der Waals surface area contributed by atoms with E-state index in [-0.39, 0.29) is 4.90 Å². The van der Waals surface area contributed by atoms with Crippen LogP contribution in [0.15, 0.2) is 59.5 Å². The van der Waals surface area contributed by atoms with Crippen molar-refractivity contribution in [1.29, 1.82) is 0 Å². The van der Waals surface area contributed by atoms with E-state index in [1.165, 1.54) is 12.1 Å². The molecule has 0 aliphatic carbocycles. The number of nitrogens with zero attached hydrogens (tertiary/aromatic N) is 2. The van der Waals surface area contributed by atoms with Crippen LogP contribution in [0.4, 0.5) is 4.39 Å². The number of rotatable bonds is 4. The second-order valence-electron chi connectivity index (χ2n) is 7.21. The maximum atomic E-state index is 15.4. The number of carbonyl (C=O) groups is 1. The van der Waals surface area contributed by atoms with E-state index < -0.39 is 15.7 Å². The van der Waals surface area contributed by atoms with E-state index in [1.54, 1.807) is 48.9 Å². The van der Waals surface area contributed by atoms with E-state index in [2.05, 4.69) is 4.98 Å². The summed E-state index contributed by atoms with van der Waals surface area (Å²) < 4.78 is 40.6. The first-order chi connectivity index (χ1) is 14.2. The highest BCUT2D eigenvalue weighted by molar-refractivity contribution is 7.90. The fourth-order valence-corrected chi connectivity index (χ4v) is 4.36. The second-order valence-corrected chi connectivity index (χ2v) is 9.23. The Morgan fingerprint density at radius 1 is 1.07 bits per heavy atom. The summed E-state index contributed by atoms with van der Waals surface area (Å²) in [4.78, 5) is 16.1. The minimum Gasteiger partial charge on any atom is -0.341 e. The van der Waals surface area contributed by atoms with Gasteiger partial charge < -0.3 is 4.57 Å². The minimum absolute atomic E-state index is 0.177. The molecule has 2 heterocycles. The summed E-state index contributed by atoms with van der Waals surface area (Å²) in [6, 6.07) is 15.0. The fourth-order valence-electron chi connectivity index (χ4n) is 3.73. The first kappa shape index (κ1) is 20.0. The predicted octanol–water partition coefficient (Wildman–Crippen LogP) is 4.57. The number of fused-ring (bicyclic) bond motifs is 1. The van der Waals surface area contributed by atoms with Crippen LogP contribution in [0.2, 0.25) is 0 Å². The van der Waals surface area contributed by atoms with Crippen LogP contribution in [-0.2, 0) is 16.9 Å². The molecule has 4 rings (SSSR count). The number of carbonyl (C=O) groups excluding carboxylic acids is 1. The highest BCUT2D eigenvalue weighted by Gasteiger charge is 2.21. The Morgan fingerprint density at radius 2 is 1.73 bits per heavy atom. The Kier molecular flexibility index (Phi) is 4.78. The van der Waals surface area contributed by atoms with Crippen molar-refractivity contribution in [3.63, 3.8) is 0 Å². The van der Waals surface area contributed by atoms with E-state index in [1.807, 2.05) is 12.1 Å². The van der Waals surface area contributed by atoms with Gasteiger partial charge in [-0.1, -0.05) is 36.4 Å². The molecule has 0 aliphatic rings. The van der Waals surface area contributed by atoms with E-state index in [0.717, 1.165) is 12.5 Å². The van der Waals surface area contributed by atoms with Crippen molar-refractivity contribution in [2.45, 2.75) is 11.8 Å². The SMILES string of the molecule is Cc1nc(-c2ccccc2C=O)cc2c1c(F)c(-c1ccc(S(C)(=O)=O)cc1)n2C. The number of aromatic nitrogens is 2. The van der Waals surface area contributed by atoms with E-state index >= 15 is 4.39 Å². The molecule has 0 fully saturated rings. The lowest BCUT2D eigenvalue weighted by molar-refractivity contribution is 0.112. The van der Waals surface area contributed by atoms with Crippen molar-refractivity contribution in [2.75, 3.05) is 6.26 Å². The Labute approximate surface area is 173 Å². The summed E-state index contributed by atoms with van der Waals surface area (Å²) in [5.74, 6) is -0.417. The fraction of sp³-hybridized carbons (Fsp3) is 0.130. The van der Waals surface area contributed by atoms with Crippen molar-refractivity contribution in [3.05, 3.63) is 71.7 Å². The molecule has 30 heavy (non-hydrogen) atoms. The minimum atomic E-state index is -3.34. The summed E-state index contributed by atoms with van der Waals surface area (Å²) in [7, 11) is -1.59. The normalized spacial score (nSPS) is 11.7. The quantitative estimate of drug-likeness (QED) is 0.452. The van der Waals surface area contributed by atoms with Gasteiger partial charge >= 0.3 is 0 Å². The van der Waals surface area contributed by atoms with Crippen LogP contribution in [0.3, 0.4) is 0 Å². The van der Waals surface area contributed by atoms with Crippen molar-refractivity contribution in [1.82, 2.24) is 9.55 Å². The molecule has 2 aromatic carbocycles. The molecule has 5 nitrogen and oxygen atoms in total. The van der Waals surface area contributed by atoms with Gasteiger partial charge in [-0.3, -0.25) is 9.78 Å². The van der Waals surface area contributed by atoms with Gasteiger partial charge in [0.15, 0.2) is 21.9 Å². The van der Waals surface area contributed by atoms with Gasteiger partial charge in [0, 0.05) is 30.0 Å². The van der Waals surface area contributed by atoms with Gasteiger partial charge in [-0.25, -0.2) is 12.8 Å². The largest absolute Gasteiger partial charge is 0.341 e. The molecule has 0 saturated heterocycles. The van der Waals surface area contributed by atoms with Crippen molar-refractivity contribution >= 4 is 27.0 Å². The number of hydrogen-bond acceptors (Lipinski definition) is 4. The molecule has 0 N–H and O–H groups in total. The zero-order valence-corrected chi connectivity index (χ0v) is 17.5. The Balaban J connectivity index is 1.94. The van der Waals surface area contributed by atoms with E-state index in [9.17, 15) is 13.2 Å². The molecule has 2 aromatic heterocycles. The lowest BCUT2D eigenvalue weighted by Gasteiger charge is -2.08. The topological polar surface area (TPSA) is 69.0 Å². The average molecular weight is 422 g/mol. The van der Waals surface area contributed by atoms with Crippen molar-refractivity contribution in [2.24, 2.45) is 7.05 Å². The van der Waals surface area contributed by atoms with E-state index in [4.69, 9.17) is 0 Å². The number of benzene rings is 2. The molecule has 0 aliphatic heterocycles. The summed E-state index contributed by atoms with van der Waals surface area (Å²) in [6.45, 7) is 1.73. The maximum absolute atomic E-state index is 15.4. The van der Waals surface area contributed by atoms with Crippen molar-refractivity contribution < 1.29 is 17.6 Å². The van der Waals surface area contributed by atoms with Crippen LogP contribution in [-0.4, -0.2) is 30.5 Å². The Hall–Kier alpha value is -3.32. The van der Waals surface area contributed by atoms with Gasteiger partial charge in [0.1, 0.15) is 0 Å². The average Bonchev–Trinajstić information content (AvgIpc) is 2.98. The highest BCUT2D eigenvalue weighted by Crippen LogP contribution is 2.35. The third kappa shape index (κ3) is 3.21. The van der Waals surface area contributed by atoms with Crippen LogP contribution in [0.1, 0.15) is 16.1 Å². The van der Waals surface area contributed by atoms with Gasteiger partial charge in [0.2, 0.25) is 0 Å². The molecule has 0 spiro atoms. The number of pyridine rings is 1. The first-order valence-electron chi connectivity index (χ1n) is 9.23. The van der Waals surface area contributed by atoms with Crippen LogP contribution in [0.5, 0.6) is 0 Å². The molecule has 152 valence electrons. The number of aldehydes is 1. The lowest BCUT2D eigenvalue weighted by Crippen LogP contribution is -1.98. The molecular formula is C23H19FN2O3S. The predicted molar refractivity (Wildman–Crippen MR) is 115 cm³/mol. The molecule has 0 amide bonds. The summed E-state index contributed by atoms with van der Waals surface area (Å²) in [5.41, 5.74) is 3.83. The standard InChI is InChI=1S/C23H19FN2O3S/c1-14-21-20(12-19(25-14)18-7-5-4-6-16(18)13-27)26(2)23(22(21)24)15-8-10-17(11-9-15)30(3,28)29/h4-13H,1-3H3. The molecule has 4 aromatic rings. The van der Waals surface area contributed by atoms with Crippen LogP contribution in [0, 0.1) is 12.7 Å². The van der Waals surface area contributed by atoms with Gasteiger partial charge in [-0.15, -0.1) is 0 Å². The summed E-state index contributed by atoms with van der Waals surface area (Å²) in [5, 5.41) is 0.395. The number of hydrogen-bond donors (Lipinski definition) is 0. The molecule has 0 bridgehead atoms. The lowest BCUT2D eigenvalue weighted by atomic mass is 10.0. The van der Waals surface area contributed by atoms with Crippen LogP contribution >= 0.6 is 0 Å². The van der Waals surface area contributed by atoms with E-state index in [0.29, 0.717) is 44.7 Å². The van der Waals surface area contributed by atoms with Gasteiger partial charge in [-0.2, -0.15) is 0 Å². The second kappa shape index (κ2) is 7.18. The van der Waals surface area contributed by atoms with Gasteiger partial charge in [0.05, 0.1) is 32.9 Å². The number of sulfone groups is 1. The number of halogens is 1. The summed E-state index contributed by atoms with van der Waals surface area (Å²) >= 11 is 0. The van der Waals surface area contributed by atoms with Gasteiger partial charge in [-0.05, 0) is 25.1 Å². The zero-order chi connectivity index (χ0) is 21.6. The molecule has 0 atom stereocenters. The smallest absolute Gasteiger partial charge is 0.175 e. The third-order valence-electron chi connectivity index (χ3n) is 5.22. The first-order valence-corrected chi connectivity index (χ1v) is 11.1. The van der Waals surface area contributed by atoms with Gasteiger partial charge in [0.25, 0.3) is 0 Å². The molecule has 0 unspecified atom stereocenters. The molecule has 7 heteroatoms. The number of aryl methyl sites for hydroxylation is 2. The van der Waals surface area contributed by atoms with Crippen LogP contribution < -0.4 is 0 Å². The highest BCUT2D eigenvalue weighted by atomic mass is 32.2. The summed E-state index contributed by atoms with van der Waals surface area (Å²) in [6.07, 6.45) is 1.91. The third-order valence-corrected chi connectivity index (χ3v) is 6.35. The Morgan fingerprint density at radius 3 is 2.37 bits per heavy atom.